The van der Waals surface area contributed by atoms with Crippen molar-refractivity contribution in [3.8, 4) is 0 Å². The molecule has 0 aromatic carbocycles. The molecule has 0 aromatic rings. The lowest BCUT2D eigenvalue weighted by molar-refractivity contribution is -0.106. The van der Waals surface area contributed by atoms with Crippen LogP contribution in [0.4, 0.5) is 0 Å². The Bertz CT molecular complexity index is 731. The smallest absolute Gasteiger partial charge is 0.161 e. The van der Waals surface area contributed by atoms with Gasteiger partial charge in [-0.05, 0) is 154 Å². The quantitative estimate of drug-likeness (QED) is 0.311. The first-order valence-corrected chi connectivity index (χ1v) is 17.8. The van der Waals surface area contributed by atoms with E-state index in [2.05, 4.69) is 41.5 Å². The van der Waals surface area contributed by atoms with Crippen molar-refractivity contribution in [2.75, 3.05) is 12.7 Å². The summed E-state index contributed by atoms with van der Waals surface area (Å²) < 4.78 is 13.8. The molecule has 0 aromatic heterocycles. The minimum Gasteiger partial charge on any atom is -0.363 e. The third-order valence-electron chi connectivity index (χ3n) is 10.3. The standard InChI is InChI=1S/2C15H30BO2P/c2*1-14(2,3)19(16,10-17)18-15-7-11-4-12(8-15)6-13(5-11)9-15/h2*11-13,17H,4-10H2,1-3,16H3. The molecule has 0 radical (unpaired) electrons. The van der Waals surface area contributed by atoms with E-state index in [0.717, 1.165) is 35.5 Å². The van der Waals surface area contributed by atoms with Crippen molar-refractivity contribution in [2.24, 2.45) is 35.5 Å². The van der Waals surface area contributed by atoms with Gasteiger partial charge >= 0.3 is 0 Å². The molecule has 4 nitrogen and oxygen atoms in total. The fourth-order valence-corrected chi connectivity index (χ4v) is 12.4. The SMILES string of the molecule is [BH3-][P+](CO)(OC12CC3CC(CC(C3)C1)C2)C(C)(C)C.[BH3-][P+](CO)(OC12CC3CC(CC(C3)C1)C2)C(C)(C)C. The highest BCUT2D eigenvalue weighted by atomic mass is 31.2. The van der Waals surface area contributed by atoms with Crippen LogP contribution in [0.25, 0.3) is 0 Å². The van der Waals surface area contributed by atoms with Gasteiger partial charge in [-0.1, -0.05) is 0 Å². The average Bonchev–Trinajstić information content (AvgIpc) is 2.75. The fourth-order valence-electron chi connectivity index (χ4n) is 9.51. The molecule has 8 rings (SSSR count). The topological polar surface area (TPSA) is 58.9 Å². The van der Waals surface area contributed by atoms with Crippen LogP contribution in [0.1, 0.15) is 119 Å². The van der Waals surface area contributed by atoms with Crippen molar-refractivity contribution in [1.82, 2.24) is 0 Å². The molecular weight excluding hydrogens is 508 g/mol. The molecule has 8 fully saturated rings. The Labute approximate surface area is 237 Å². The highest BCUT2D eigenvalue weighted by molar-refractivity contribution is 7.95. The predicted molar refractivity (Wildman–Crippen MR) is 171 cm³/mol. The van der Waals surface area contributed by atoms with Gasteiger partial charge in [-0.25, -0.2) is 0 Å². The number of aliphatic hydroxyl groups excluding tert-OH is 2. The third-order valence-corrected chi connectivity index (χ3v) is 15.0. The van der Waals surface area contributed by atoms with Gasteiger partial charge in [0, 0.05) is 14.7 Å². The molecule has 0 amide bonds. The molecule has 0 saturated heterocycles. The summed E-state index contributed by atoms with van der Waals surface area (Å²) in [5.41, 5.74) is 0.389. The van der Waals surface area contributed by atoms with Crippen LogP contribution in [0, 0.1) is 35.5 Å². The van der Waals surface area contributed by atoms with Gasteiger partial charge in [0.15, 0.2) is 15.1 Å². The van der Waals surface area contributed by atoms with Crippen LogP contribution < -0.4 is 0 Å². The van der Waals surface area contributed by atoms with Crippen LogP contribution in [0.15, 0.2) is 0 Å². The lowest BCUT2D eigenvalue weighted by Crippen LogP contribution is -2.52. The molecule has 38 heavy (non-hydrogen) atoms. The highest BCUT2D eigenvalue weighted by Crippen LogP contribution is 2.72. The van der Waals surface area contributed by atoms with Gasteiger partial charge in [-0.3, -0.25) is 9.05 Å². The van der Waals surface area contributed by atoms with Gasteiger partial charge in [-0.2, -0.15) is 0 Å². The van der Waals surface area contributed by atoms with Crippen LogP contribution in [0.2, 0.25) is 0 Å². The fraction of sp³-hybridized carbons (Fsp3) is 1.00. The minimum absolute atomic E-state index is 0.0535. The second-order valence-corrected chi connectivity index (χ2v) is 20.9. The molecule has 8 heteroatoms. The Morgan fingerprint density at radius 2 is 0.763 bits per heavy atom. The molecule has 2 atom stereocenters. The monoisotopic (exact) mass is 568 g/mol. The Morgan fingerprint density at radius 3 is 0.921 bits per heavy atom. The number of hydrogen-bond donors (Lipinski definition) is 2. The van der Waals surface area contributed by atoms with E-state index >= 15 is 0 Å². The normalized spacial score (nSPS) is 44.4. The Balaban J connectivity index is 0.000000155. The molecule has 2 N–H and O–H groups in total. The first-order chi connectivity index (χ1) is 17.5. The molecule has 8 aliphatic rings. The minimum atomic E-state index is -1.48. The maximum Gasteiger partial charge on any atom is 0.161 e. The van der Waals surface area contributed by atoms with E-state index in [1.54, 1.807) is 0 Å². The van der Waals surface area contributed by atoms with Gasteiger partial charge < -0.3 is 10.2 Å². The third kappa shape index (κ3) is 5.73. The van der Waals surface area contributed by atoms with Crippen molar-refractivity contribution < 1.29 is 19.3 Å². The Hall–Kier alpha value is 0.830. The average molecular weight is 568 g/mol. The number of aliphatic hydroxyl groups is 2. The predicted octanol–water partition coefficient (Wildman–Crippen LogP) is 5.87. The zero-order chi connectivity index (χ0) is 27.8. The Kier molecular flexibility index (Phi) is 8.15. The van der Waals surface area contributed by atoms with E-state index < -0.39 is 14.7 Å². The second kappa shape index (κ2) is 10.2. The van der Waals surface area contributed by atoms with E-state index in [1.165, 1.54) is 77.0 Å². The molecule has 0 aliphatic heterocycles. The summed E-state index contributed by atoms with van der Waals surface area (Å²) in [6, 6.07) is 0. The number of rotatable bonds is 6. The maximum atomic E-state index is 10.0. The van der Waals surface area contributed by atoms with Crippen LogP contribution in [-0.4, -0.2) is 59.6 Å². The second-order valence-electron chi connectivity index (χ2n) is 15.8. The van der Waals surface area contributed by atoms with Gasteiger partial charge in [0.25, 0.3) is 0 Å². The maximum absolute atomic E-state index is 10.0. The van der Waals surface area contributed by atoms with Crippen molar-refractivity contribution in [1.29, 1.82) is 0 Å². The lowest BCUT2D eigenvalue weighted by Gasteiger charge is -2.58. The molecule has 8 bridgehead atoms. The molecule has 2 unspecified atom stereocenters. The van der Waals surface area contributed by atoms with E-state index in [0.29, 0.717) is 12.7 Å². The summed E-state index contributed by atoms with van der Waals surface area (Å²) >= 11 is 0. The number of hydrogen-bond acceptors (Lipinski definition) is 4. The van der Waals surface area contributed by atoms with Crippen molar-refractivity contribution in [2.45, 2.75) is 140 Å². The summed E-state index contributed by atoms with van der Waals surface area (Å²) in [7, 11) is -2.85. The molecule has 220 valence electrons. The van der Waals surface area contributed by atoms with Crippen LogP contribution in [0.5, 0.6) is 0 Å². The summed E-state index contributed by atoms with van der Waals surface area (Å²) in [6.07, 6.45) is 17.4. The van der Waals surface area contributed by atoms with E-state index in [-0.39, 0.29) is 36.6 Å². The first kappa shape index (κ1) is 30.3. The van der Waals surface area contributed by atoms with Crippen LogP contribution >= 0.6 is 14.7 Å². The molecule has 0 spiro atoms. The van der Waals surface area contributed by atoms with Gasteiger partial charge in [0.1, 0.15) is 23.9 Å². The Morgan fingerprint density at radius 1 is 0.553 bits per heavy atom. The summed E-state index contributed by atoms with van der Waals surface area (Å²) in [4.78, 5) is 0. The van der Waals surface area contributed by atoms with Gasteiger partial charge in [0.2, 0.25) is 0 Å². The van der Waals surface area contributed by atoms with E-state index in [4.69, 9.17) is 9.05 Å². The van der Waals surface area contributed by atoms with Crippen LogP contribution in [0.3, 0.4) is 0 Å². The van der Waals surface area contributed by atoms with Crippen molar-refractivity contribution >= 4 is 29.9 Å². The zero-order valence-electron chi connectivity index (χ0n) is 24.0. The lowest BCUT2D eigenvalue weighted by atomic mass is 9.54. The van der Waals surface area contributed by atoms with Crippen molar-refractivity contribution in [3.05, 3.63) is 0 Å². The molecular formula is C30H60B2O4P2. The summed E-state index contributed by atoms with van der Waals surface area (Å²) in [6.45, 7) is 13.8. The summed E-state index contributed by atoms with van der Waals surface area (Å²) in [5, 5.41) is 20.4. The van der Waals surface area contributed by atoms with E-state index in [1.807, 2.05) is 0 Å². The van der Waals surface area contributed by atoms with Crippen molar-refractivity contribution in [3.63, 3.8) is 0 Å². The van der Waals surface area contributed by atoms with Gasteiger partial charge in [0.05, 0.1) is 10.3 Å². The van der Waals surface area contributed by atoms with Crippen LogP contribution in [-0.2, 0) is 9.05 Å². The largest absolute Gasteiger partial charge is 0.363 e. The summed E-state index contributed by atoms with van der Waals surface area (Å²) in [5.74, 6) is 5.66. The van der Waals surface area contributed by atoms with Gasteiger partial charge in [-0.15, -0.1) is 0 Å². The highest BCUT2D eigenvalue weighted by Gasteiger charge is 2.58. The first-order valence-electron chi connectivity index (χ1n) is 15.0. The molecule has 8 aliphatic carbocycles. The zero-order valence-corrected chi connectivity index (χ0v) is 25.8. The molecule has 0 heterocycles. The van der Waals surface area contributed by atoms with E-state index in [9.17, 15) is 10.2 Å². The molecule has 8 saturated carbocycles.